The van der Waals surface area contributed by atoms with Gasteiger partial charge in [-0.25, -0.2) is 0 Å². The van der Waals surface area contributed by atoms with Crippen LogP contribution in [-0.2, 0) is 5.41 Å². The van der Waals surface area contributed by atoms with Crippen LogP contribution in [0.2, 0.25) is 0 Å². The Hall–Kier alpha value is -3.36. The van der Waals surface area contributed by atoms with E-state index in [9.17, 15) is 0 Å². The van der Waals surface area contributed by atoms with Gasteiger partial charge in [-0.2, -0.15) is 0 Å². The largest absolute Gasteiger partial charge is 0.457 e. The fraction of sp³-hybridized carbons (Fsp3) is 0.0345. The van der Waals surface area contributed by atoms with Crippen LogP contribution in [0.15, 0.2) is 108 Å². The summed E-state index contributed by atoms with van der Waals surface area (Å²) in [5.74, 6) is 1.83. The van der Waals surface area contributed by atoms with Gasteiger partial charge in [0.15, 0.2) is 0 Å². The predicted molar refractivity (Wildman–Crippen MR) is 129 cm³/mol. The van der Waals surface area contributed by atoms with Crippen molar-refractivity contribution in [3.8, 4) is 22.6 Å². The molecule has 0 aromatic heterocycles. The molecule has 5 aromatic carbocycles. The van der Waals surface area contributed by atoms with Crippen molar-refractivity contribution in [2.75, 3.05) is 0 Å². The molecule has 1 nitrogen and oxygen atoms in total. The first kappa shape index (κ1) is 17.3. The fourth-order valence-electron chi connectivity index (χ4n) is 5.66. The van der Waals surface area contributed by atoms with Gasteiger partial charge in [-0.15, -0.1) is 0 Å². The number of halogens is 1. The van der Waals surface area contributed by atoms with Gasteiger partial charge < -0.3 is 4.74 Å². The topological polar surface area (TPSA) is 9.23 Å². The van der Waals surface area contributed by atoms with Crippen LogP contribution in [0.25, 0.3) is 21.9 Å². The Kier molecular flexibility index (Phi) is 3.40. The Labute approximate surface area is 189 Å². The number of hydrogen-bond acceptors (Lipinski definition) is 1. The summed E-state index contributed by atoms with van der Waals surface area (Å²) in [6.07, 6.45) is 0. The molecule has 146 valence electrons. The highest BCUT2D eigenvalue weighted by molar-refractivity contribution is 9.10. The van der Waals surface area contributed by atoms with Crippen LogP contribution in [0.1, 0.15) is 22.3 Å². The van der Waals surface area contributed by atoms with Gasteiger partial charge in [0.25, 0.3) is 0 Å². The third-order valence-electron chi connectivity index (χ3n) is 6.78. The predicted octanol–water partition coefficient (Wildman–Crippen LogP) is 8.07. The van der Waals surface area contributed by atoms with E-state index in [0.717, 1.165) is 16.0 Å². The van der Waals surface area contributed by atoms with E-state index in [-0.39, 0.29) is 0 Å². The molecule has 1 unspecified atom stereocenters. The van der Waals surface area contributed by atoms with Gasteiger partial charge in [0.2, 0.25) is 0 Å². The van der Waals surface area contributed by atoms with Crippen molar-refractivity contribution >= 4 is 26.7 Å². The van der Waals surface area contributed by atoms with Crippen LogP contribution in [0.4, 0.5) is 0 Å². The van der Waals surface area contributed by atoms with E-state index in [0.29, 0.717) is 0 Å². The maximum Gasteiger partial charge on any atom is 0.133 e. The first-order valence-electron chi connectivity index (χ1n) is 10.5. The number of ether oxygens (including phenoxy) is 1. The molecule has 0 fully saturated rings. The highest BCUT2D eigenvalue weighted by atomic mass is 79.9. The van der Waals surface area contributed by atoms with Gasteiger partial charge >= 0.3 is 0 Å². The van der Waals surface area contributed by atoms with E-state index in [4.69, 9.17) is 4.74 Å². The summed E-state index contributed by atoms with van der Waals surface area (Å²) in [7, 11) is 0. The maximum atomic E-state index is 6.46. The number of hydrogen-bond donors (Lipinski definition) is 0. The lowest BCUT2D eigenvalue weighted by Crippen LogP contribution is -2.32. The number of benzene rings is 5. The first-order valence-corrected chi connectivity index (χ1v) is 11.3. The minimum Gasteiger partial charge on any atom is -0.457 e. The summed E-state index contributed by atoms with van der Waals surface area (Å²) < 4.78 is 7.48. The Balaban J connectivity index is 1.77. The maximum absolute atomic E-state index is 6.46. The van der Waals surface area contributed by atoms with Crippen molar-refractivity contribution in [1.82, 2.24) is 0 Å². The fourth-order valence-corrected chi connectivity index (χ4v) is 6.00. The van der Waals surface area contributed by atoms with Crippen molar-refractivity contribution in [2.45, 2.75) is 5.41 Å². The molecule has 5 aromatic rings. The molecular formula is C29H17BrO. The van der Waals surface area contributed by atoms with Crippen LogP contribution in [-0.4, -0.2) is 0 Å². The summed E-state index contributed by atoms with van der Waals surface area (Å²) in [6, 6.07) is 37.1. The lowest BCUT2D eigenvalue weighted by atomic mass is 9.65. The van der Waals surface area contributed by atoms with Gasteiger partial charge in [0, 0.05) is 15.6 Å². The van der Waals surface area contributed by atoms with Crippen molar-refractivity contribution < 1.29 is 4.74 Å². The molecule has 0 bridgehead atoms. The van der Waals surface area contributed by atoms with Crippen molar-refractivity contribution in [3.05, 3.63) is 130 Å². The lowest BCUT2D eigenvalue weighted by Gasteiger charge is -2.39. The van der Waals surface area contributed by atoms with Crippen LogP contribution in [0.3, 0.4) is 0 Å². The highest BCUT2D eigenvalue weighted by Gasteiger charge is 2.51. The number of rotatable bonds is 0. The molecule has 31 heavy (non-hydrogen) atoms. The molecule has 1 spiro atoms. The average Bonchev–Trinajstić information content (AvgIpc) is 3.11. The van der Waals surface area contributed by atoms with Crippen LogP contribution in [0.5, 0.6) is 11.5 Å². The molecule has 0 saturated carbocycles. The molecule has 1 heterocycles. The zero-order valence-electron chi connectivity index (χ0n) is 16.6. The van der Waals surface area contributed by atoms with E-state index in [2.05, 4.69) is 119 Å². The molecule has 0 saturated heterocycles. The quantitative estimate of drug-likeness (QED) is 0.222. The standard InChI is InChI=1S/C29H17BrO/c30-19-14-16-25-27(17-19)31-26-12-6-5-11-24(26)29(25)23-10-4-3-9-21(23)22-15-13-18-7-1-2-8-20(18)28(22)29/h1-17H. The second-order valence-corrected chi connectivity index (χ2v) is 9.16. The minimum absolute atomic E-state index is 0.419. The smallest absolute Gasteiger partial charge is 0.133 e. The summed E-state index contributed by atoms with van der Waals surface area (Å²) in [5, 5.41) is 2.55. The summed E-state index contributed by atoms with van der Waals surface area (Å²) in [5.41, 5.74) is 7.25. The summed E-state index contributed by atoms with van der Waals surface area (Å²) in [4.78, 5) is 0. The van der Waals surface area contributed by atoms with E-state index in [1.807, 2.05) is 0 Å². The molecular weight excluding hydrogens is 444 g/mol. The zero-order chi connectivity index (χ0) is 20.6. The lowest BCUT2D eigenvalue weighted by molar-refractivity contribution is 0.436. The monoisotopic (exact) mass is 460 g/mol. The molecule has 7 rings (SSSR count). The Morgan fingerprint density at radius 2 is 1.32 bits per heavy atom. The minimum atomic E-state index is -0.419. The van der Waals surface area contributed by atoms with Gasteiger partial charge in [-0.05, 0) is 51.2 Å². The first-order chi connectivity index (χ1) is 15.3. The molecule has 2 heteroatoms. The van der Waals surface area contributed by atoms with Crippen molar-refractivity contribution in [3.63, 3.8) is 0 Å². The molecule has 1 aliphatic carbocycles. The zero-order valence-corrected chi connectivity index (χ0v) is 18.2. The third-order valence-corrected chi connectivity index (χ3v) is 7.28. The second kappa shape index (κ2) is 6.09. The molecule has 0 N–H and O–H groups in total. The van der Waals surface area contributed by atoms with E-state index >= 15 is 0 Å². The third kappa shape index (κ3) is 2.11. The van der Waals surface area contributed by atoms with Crippen LogP contribution < -0.4 is 4.74 Å². The summed E-state index contributed by atoms with van der Waals surface area (Å²) in [6.45, 7) is 0. The van der Waals surface area contributed by atoms with Gasteiger partial charge in [0.1, 0.15) is 11.5 Å². The molecule has 0 amide bonds. The molecule has 0 radical (unpaired) electrons. The van der Waals surface area contributed by atoms with Gasteiger partial charge in [-0.3, -0.25) is 0 Å². The van der Waals surface area contributed by atoms with E-state index < -0.39 is 5.41 Å². The molecule has 1 atom stereocenters. The highest BCUT2D eigenvalue weighted by Crippen LogP contribution is 2.63. The van der Waals surface area contributed by atoms with Crippen LogP contribution >= 0.6 is 15.9 Å². The van der Waals surface area contributed by atoms with Crippen molar-refractivity contribution in [1.29, 1.82) is 0 Å². The van der Waals surface area contributed by atoms with E-state index in [1.165, 1.54) is 44.2 Å². The summed E-state index contributed by atoms with van der Waals surface area (Å²) >= 11 is 3.65. The molecule has 1 aliphatic heterocycles. The SMILES string of the molecule is Brc1ccc2c(c1)Oc1ccccc1C21c2ccccc2-c2ccc3ccccc3c21. The molecule has 2 aliphatic rings. The number of para-hydroxylation sites is 1. The second-order valence-electron chi connectivity index (χ2n) is 8.24. The van der Waals surface area contributed by atoms with E-state index in [1.54, 1.807) is 0 Å². The van der Waals surface area contributed by atoms with Crippen molar-refractivity contribution in [2.24, 2.45) is 0 Å². The average molecular weight is 461 g/mol. The van der Waals surface area contributed by atoms with Crippen LogP contribution in [0, 0.1) is 0 Å². The normalized spacial score (nSPS) is 17.6. The van der Waals surface area contributed by atoms with Gasteiger partial charge in [0.05, 0.1) is 5.41 Å². The van der Waals surface area contributed by atoms with Gasteiger partial charge in [-0.1, -0.05) is 101 Å². The Morgan fingerprint density at radius 3 is 2.26 bits per heavy atom. The Morgan fingerprint density at radius 1 is 0.581 bits per heavy atom. The Bertz CT molecular complexity index is 1530. The number of fused-ring (bicyclic) bond motifs is 11.